The minimum atomic E-state index is 0.568. The summed E-state index contributed by atoms with van der Waals surface area (Å²) in [6.45, 7) is 0.891. The third kappa shape index (κ3) is 2.14. The van der Waals surface area contributed by atoms with Crippen LogP contribution in [0.3, 0.4) is 0 Å². The van der Waals surface area contributed by atoms with Gasteiger partial charge in [-0.3, -0.25) is 0 Å². The van der Waals surface area contributed by atoms with Gasteiger partial charge >= 0.3 is 0 Å². The highest BCUT2D eigenvalue weighted by molar-refractivity contribution is 5.81. The van der Waals surface area contributed by atoms with Gasteiger partial charge in [0.2, 0.25) is 0 Å². The molecule has 0 saturated heterocycles. The van der Waals surface area contributed by atoms with Crippen LogP contribution in [0.2, 0.25) is 0 Å². The van der Waals surface area contributed by atoms with E-state index in [1.165, 1.54) is 11.3 Å². The second-order valence-corrected chi connectivity index (χ2v) is 5.00. The Morgan fingerprint density at radius 1 is 1.25 bits per heavy atom. The molecule has 1 aromatic heterocycles. The van der Waals surface area contributed by atoms with E-state index in [-0.39, 0.29) is 0 Å². The maximum absolute atomic E-state index is 6.21. The van der Waals surface area contributed by atoms with Crippen LogP contribution >= 0.6 is 0 Å². The van der Waals surface area contributed by atoms with Gasteiger partial charge in [-0.2, -0.15) is 0 Å². The third-order valence-electron chi connectivity index (χ3n) is 3.34. The van der Waals surface area contributed by atoms with Gasteiger partial charge in [-0.1, -0.05) is 18.2 Å². The Kier molecular flexibility index (Phi) is 3.15. The molecule has 3 N–H and O–H groups in total. The first-order valence-electron chi connectivity index (χ1n) is 6.56. The molecule has 0 atom stereocenters. The maximum Gasteiger partial charge on any atom is 0.169 e. The number of nitrogen functional groups attached to an aromatic ring is 1. The van der Waals surface area contributed by atoms with Crippen molar-refractivity contribution < 1.29 is 0 Å². The van der Waals surface area contributed by atoms with Gasteiger partial charge in [-0.05, 0) is 18.1 Å². The number of benzene rings is 1. The summed E-state index contributed by atoms with van der Waals surface area (Å²) in [5, 5.41) is 1.81. The molecule has 0 unspecified atom stereocenters. The summed E-state index contributed by atoms with van der Waals surface area (Å²) in [7, 11) is 3.79. The summed E-state index contributed by atoms with van der Waals surface area (Å²) >= 11 is 0. The lowest BCUT2D eigenvalue weighted by Gasteiger charge is -2.22. The molecule has 20 heavy (non-hydrogen) atoms. The number of aromatic nitrogens is 2. The topological polar surface area (TPSA) is 70.3 Å². The minimum Gasteiger partial charge on any atom is -0.393 e. The van der Waals surface area contributed by atoms with Gasteiger partial charge in [0.1, 0.15) is 12.0 Å². The van der Waals surface area contributed by atoms with Gasteiger partial charge in [0.25, 0.3) is 0 Å². The summed E-state index contributed by atoms with van der Waals surface area (Å²) < 4.78 is 0. The molecule has 0 bridgehead atoms. The van der Waals surface area contributed by atoms with Crippen molar-refractivity contribution in [1.82, 2.24) is 15.0 Å². The van der Waals surface area contributed by atoms with Crippen LogP contribution < -0.4 is 16.1 Å². The van der Waals surface area contributed by atoms with Gasteiger partial charge in [-0.15, -0.1) is 0 Å². The van der Waals surface area contributed by atoms with Gasteiger partial charge < -0.3 is 16.1 Å². The first-order valence-corrected chi connectivity index (χ1v) is 6.56. The fraction of sp³-hybridized carbons (Fsp3) is 0.286. The zero-order valence-corrected chi connectivity index (χ0v) is 11.7. The van der Waals surface area contributed by atoms with Crippen molar-refractivity contribution in [3.8, 4) is 0 Å². The van der Waals surface area contributed by atoms with Crippen molar-refractivity contribution in [2.45, 2.75) is 6.42 Å². The smallest absolute Gasteiger partial charge is 0.169 e. The highest BCUT2D eigenvalue weighted by atomic mass is 15.5. The molecule has 6 nitrogen and oxygen atoms in total. The molecule has 2 heterocycles. The molecular formula is C14H18N6. The third-order valence-corrected chi connectivity index (χ3v) is 3.34. The summed E-state index contributed by atoms with van der Waals surface area (Å²) in [6, 6.07) is 8.34. The van der Waals surface area contributed by atoms with Crippen LogP contribution in [-0.2, 0) is 6.42 Å². The zero-order valence-electron chi connectivity index (χ0n) is 11.7. The van der Waals surface area contributed by atoms with E-state index in [0.29, 0.717) is 11.5 Å². The van der Waals surface area contributed by atoms with Crippen LogP contribution in [0.15, 0.2) is 30.6 Å². The highest BCUT2D eigenvalue weighted by Gasteiger charge is 2.23. The molecule has 0 spiro atoms. The quantitative estimate of drug-likeness (QED) is 0.826. The van der Waals surface area contributed by atoms with Crippen LogP contribution in [0, 0.1) is 0 Å². The monoisotopic (exact) mass is 270 g/mol. The number of rotatable bonds is 3. The van der Waals surface area contributed by atoms with Gasteiger partial charge in [-0.25, -0.2) is 15.0 Å². The molecule has 1 aliphatic heterocycles. The second-order valence-electron chi connectivity index (χ2n) is 5.00. The number of para-hydroxylation sites is 1. The van der Waals surface area contributed by atoms with E-state index >= 15 is 0 Å². The maximum atomic E-state index is 6.21. The number of nitrogens with one attached hydrogen (secondary N) is 1. The average Bonchev–Trinajstić information content (AvgIpc) is 2.85. The molecule has 0 fully saturated rings. The SMILES string of the molecule is CN(C)Nc1ncnc(N2CCc3ccccc32)c1N. The van der Waals surface area contributed by atoms with E-state index in [1.54, 1.807) is 11.3 Å². The molecule has 104 valence electrons. The van der Waals surface area contributed by atoms with E-state index in [0.717, 1.165) is 18.8 Å². The van der Waals surface area contributed by atoms with E-state index in [4.69, 9.17) is 5.73 Å². The Balaban J connectivity index is 2.00. The molecule has 2 aromatic rings. The Labute approximate surface area is 118 Å². The molecule has 1 aliphatic rings. The number of hydrogen-bond donors (Lipinski definition) is 2. The predicted octanol–water partition coefficient (Wildman–Crippen LogP) is 1.64. The molecule has 0 aliphatic carbocycles. The lowest BCUT2D eigenvalue weighted by Crippen LogP contribution is -2.23. The fourth-order valence-corrected chi connectivity index (χ4v) is 2.46. The normalized spacial score (nSPS) is 13.7. The van der Waals surface area contributed by atoms with Gasteiger partial charge in [0.05, 0.1) is 0 Å². The lowest BCUT2D eigenvalue weighted by molar-refractivity contribution is 0.492. The number of hydrogen-bond acceptors (Lipinski definition) is 6. The molecule has 0 radical (unpaired) electrons. The fourth-order valence-electron chi connectivity index (χ4n) is 2.46. The van der Waals surface area contributed by atoms with Crippen molar-refractivity contribution in [2.24, 2.45) is 0 Å². The predicted molar refractivity (Wildman–Crippen MR) is 80.9 cm³/mol. The summed E-state index contributed by atoms with van der Waals surface area (Å²) in [5.41, 5.74) is 12.4. The van der Waals surface area contributed by atoms with Crippen molar-refractivity contribution in [2.75, 3.05) is 36.7 Å². The Hall–Kier alpha value is -2.34. The van der Waals surface area contributed by atoms with Gasteiger partial charge in [0.15, 0.2) is 11.6 Å². The Bertz CT molecular complexity index is 625. The highest BCUT2D eigenvalue weighted by Crippen LogP contribution is 2.37. The van der Waals surface area contributed by atoms with Crippen molar-refractivity contribution in [3.63, 3.8) is 0 Å². The number of nitrogens with zero attached hydrogens (tertiary/aromatic N) is 4. The standard InChI is InChI=1S/C14H18N6/c1-19(2)18-13-12(15)14(17-9-16-13)20-8-7-10-5-3-4-6-11(10)20/h3-6,9H,7-8,15H2,1-2H3,(H,16,17,18). The van der Waals surface area contributed by atoms with E-state index in [2.05, 4.69) is 38.5 Å². The summed E-state index contributed by atoms with van der Waals surface area (Å²) in [5.74, 6) is 1.39. The molecule has 1 aromatic carbocycles. The first kappa shape index (κ1) is 12.7. The van der Waals surface area contributed by atoms with Crippen LogP contribution in [0.5, 0.6) is 0 Å². The van der Waals surface area contributed by atoms with Gasteiger partial charge in [0, 0.05) is 26.3 Å². The van der Waals surface area contributed by atoms with Crippen molar-refractivity contribution in [3.05, 3.63) is 36.2 Å². The van der Waals surface area contributed by atoms with Crippen LogP contribution in [0.4, 0.5) is 23.0 Å². The van der Waals surface area contributed by atoms with E-state index < -0.39 is 0 Å². The number of fused-ring (bicyclic) bond motifs is 1. The summed E-state index contributed by atoms with van der Waals surface area (Å²) in [6.07, 6.45) is 2.55. The number of hydrazine groups is 1. The van der Waals surface area contributed by atoms with Crippen LogP contribution in [-0.4, -0.2) is 35.6 Å². The zero-order chi connectivity index (χ0) is 14.1. The largest absolute Gasteiger partial charge is 0.393 e. The van der Waals surface area contributed by atoms with E-state index in [1.807, 2.05) is 20.2 Å². The molecule has 0 saturated carbocycles. The Morgan fingerprint density at radius 3 is 2.85 bits per heavy atom. The number of anilines is 4. The van der Waals surface area contributed by atoms with Crippen LogP contribution in [0.25, 0.3) is 0 Å². The molecular weight excluding hydrogens is 252 g/mol. The van der Waals surface area contributed by atoms with Crippen LogP contribution in [0.1, 0.15) is 5.56 Å². The number of nitrogens with two attached hydrogens (primary N) is 1. The second kappa shape index (κ2) is 4.97. The molecule has 3 rings (SSSR count). The lowest BCUT2D eigenvalue weighted by atomic mass is 10.2. The average molecular weight is 270 g/mol. The molecule has 6 heteroatoms. The minimum absolute atomic E-state index is 0.568. The van der Waals surface area contributed by atoms with Crippen molar-refractivity contribution >= 4 is 23.0 Å². The first-order chi connectivity index (χ1) is 9.66. The van der Waals surface area contributed by atoms with E-state index in [9.17, 15) is 0 Å². The molecule has 0 amide bonds. The van der Waals surface area contributed by atoms with Crippen molar-refractivity contribution in [1.29, 1.82) is 0 Å². The summed E-state index contributed by atoms with van der Waals surface area (Å²) in [4.78, 5) is 10.7. The Morgan fingerprint density at radius 2 is 2.05 bits per heavy atom.